The van der Waals surface area contributed by atoms with E-state index in [0.29, 0.717) is 24.7 Å². The van der Waals surface area contributed by atoms with Crippen molar-refractivity contribution < 1.29 is 14.1 Å². The van der Waals surface area contributed by atoms with E-state index in [1.165, 1.54) is 11.1 Å². The van der Waals surface area contributed by atoms with Gasteiger partial charge >= 0.3 is 6.03 Å². The van der Waals surface area contributed by atoms with Crippen LogP contribution in [0.25, 0.3) is 0 Å². The normalized spacial score (nSPS) is 13.3. The Balaban J connectivity index is 1.42. The van der Waals surface area contributed by atoms with Crippen LogP contribution >= 0.6 is 0 Å². The molecule has 0 aliphatic carbocycles. The number of urea groups is 1. The lowest BCUT2D eigenvalue weighted by molar-refractivity contribution is -0.116. The van der Waals surface area contributed by atoms with Crippen molar-refractivity contribution in [1.82, 2.24) is 15.4 Å². The third-order valence-corrected chi connectivity index (χ3v) is 3.94. The largest absolute Gasteiger partial charge is 0.360 e. The van der Waals surface area contributed by atoms with Crippen molar-refractivity contribution in [2.24, 2.45) is 0 Å². The molecule has 126 valence electrons. The number of carbonyl (C=O) groups is 2. The van der Waals surface area contributed by atoms with E-state index in [1.807, 2.05) is 18.2 Å². The van der Waals surface area contributed by atoms with Crippen LogP contribution in [0, 0.1) is 6.92 Å². The van der Waals surface area contributed by atoms with Gasteiger partial charge in [-0.05, 0) is 24.5 Å². The lowest BCUT2D eigenvalue weighted by atomic mass is 10.0. The molecule has 7 heteroatoms. The Labute approximate surface area is 140 Å². The number of nitrogens with zero attached hydrogens (tertiary/aromatic N) is 2. The van der Waals surface area contributed by atoms with E-state index in [2.05, 4.69) is 21.9 Å². The number of benzene rings is 1. The first kappa shape index (κ1) is 16.0. The topological polar surface area (TPSA) is 87.5 Å². The summed E-state index contributed by atoms with van der Waals surface area (Å²) in [5.41, 5.74) is 2.47. The predicted molar refractivity (Wildman–Crippen MR) is 88.4 cm³/mol. The number of carbonyl (C=O) groups excluding carboxylic acids is 2. The molecule has 0 saturated carbocycles. The average molecular weight is 328 g/mol. The van der Waals surface area contributed by atoms with E-state index in [1.54, 1.807) is 17.9 Å². The second kappa shape index (κ2) is 7.16. The number of fused-ring (bicyclic) bond motifs is 1. The molecule has 1 aliphatic rings. The number of anilines is 1. The minimum Gasteiger partial charge on any atom is -0.360 e. The third-order valence-electron chi connectivity index (χ3n) is 3.94. The Bertz CT molecular complexity index is 741. The maximum absolute atomic E-state index is 12.2. The second-order valence-corrected chi connectivity index (χ2v) is 5.79. The molecule has 0 spiro atoms. The highest BCUT2D eigenvalue weighted by Crippen LogP contribution is 2.18. The maximum Gasteiger partial charge on any atom is 0.317 e. The first-order chi connectivity index (χ1) is 11.6. The Morgan fingerprint density at radius 2 is 2.08 bits per heavy atom. The van der Waals surface area contributed by atoms with Crippen LogP contribution in [0.2, 0.25) is 0 Å². The van der Waals surface area contributed by atoms with Gasteiger partial charge in [-0.3, -0.25) is 4.79 Å². The van der Waals surface area contributed by atoms with Gasteiger partial charge in [0.2, 0.25) is 5.91 Å². The number of aryl methyl sites for hydroxylation is 1. The zero-order chi connectivity index (χ0) is 16.9. The Morgan fingerprint density at radius 1 is 1.29 bits per heavy atom. The summed E-state index contributed by atoms with van der Waals surface area (Å²) in [6, 6.07) is 9.64. The van der Waals surface area contributed by atoms with E-state index < -0.39 is 0 Å². The molecule has 2 aromatic rings. The van der Waals surface area contributed by atoms with E-state index in [0.717, 1.165) is 6.42 Å². The van der Waals surface area contributed by atoms with Crippen LogP contribution in [0.15, 0.2) is 34.9 Å². The fourth-order valence-corrected chi connectivity index (χ4v) is 2.69. The van der Waals surface area contributed by atoms with Gasteiger partial charge in [-0.1, -0.05) is 29.4 Å². The molecule has 0 unspecified atom stereocenters. The molecule has 7 nitrogen and oxygen atoms in total. The average Bonchev–Trinajstić information content (AvgIpc) is 2.99. The van der Waals surface area contributed by atoms with Crippen molar-refractivity contribution in [2.75, 3.05) is 18.4 Å². The second-order valence-electron chi connectivity index (χ2n) is 5.79. The van der Waals surface area contributed by atoms with E-state index in [4.69, 9.17) is 4.52 Å². The monoisotopic (exact) mass is 328 g/mol. The van der Waals surface area contributed by atoms with Crippen LogP contribution in [-0.2, 0) is 17.8 Å². The molecule has 0 saturated heterocycles. The number of hydrogen-bond acceptors (Lipinski definition) is 4. The van der Waals surface area contributed by atoms with Gasteiger partial charge in [0.1, 0.15) is 5.76 Å². The summed E-state index contributed by atoms with van der Waals surface area (Å²) in [7, 11) is 0. The first-order valence-electron chi connectivity index (χ1n) is 7.94. The van der Waals surface area contributed by atoms with Crippen molar-refractivity contribution in [2.45, 2.75) is 26.3 Å². The van der Waals surface area contributed by atoms with E-state index in [-0.39, 0.29) is 24.9 Å². The van der Waals surface area contributed by atoms with Crippen LogP contribution in [-0.4, -0.2) is 35.1 Å². The summed E-state index contributed by atoms with van der Waals surface area (Å²) >= 11 is 0. The fraction of sp³-hybridized carbons (Fsp3) is 0.353. The lowest BCUT2D eigenvalue weighted by Crippen LogP contribution is -2.43. The highest BCUT2D eigenvalue weighted by molar-refractivity contribution is 5.90. The van der Waals surface area contributed by atoms with Gasteiger partial charge < -0.3 is 20.1 Å². The Kier molecular flexibility index (Phi) is 4.79. The van der Waals surface area contributed by atoms with E-state index in [9.17, 15) is 9.59 Å². The zero-order valence-electron chi connectivity index (χ0n) is 13.5. The summed E-state index contributed by atoms with van der Waals surface area (Å²) in [5, 5.41) is 9.10. The molecule has 3 rings (SSSR count). The van der Waals surface area contributed by atoms with Crippen LogP contribution in [0.3, 0.4) is 0 Å². The highest BCUT2D eigenvalue weighted by atomic mass is 16.5. The third kappa shape index (κ3) is 3.92. The summed E-state index contributed by atoms with van der Waals surface area (Å²) in [6.07, 6.45) is 1.04. The minimum absolute atomic E-state index is 0.144. The van der Waals surface area contributed by atoms with Gasteiger partial charge in [-0.25, -0.2) is 4.79 Å². The molecule has 0 bridgehead atoms. The van der Waals surface area contributed by atoms with Gasteiger partial charge in [0.25, 0.3) is 0 Å². The summed E-state index contributed by atoms with van der Waals surface area (Å²) < 4.78 is 4.87. The van der Waals surface area contributed by atoms with Gasteiger partial charge in [-0.2, -0.15) is 0 Å². The van der Waals surface area contributed by atoms with E-state index >= 15 is 0 Å². The van der Waals surface area contributed by atoms with Crippen molar-refractivity contribution in [3.8, 4) is 0 Å². The molecule has 2 heterocycles. The smallest absolute Gasteiger partial charge is 0.317 e. The fourth-order valence-electron chi connectivity index (χ4n) is 2.69. The molecular formula is C17H20N4O3. The van der Waals surface area contributed by atoms with Crippen LogP contribution in [0.4, 0.5) is 10.6 Å². The van der Waals surface area contributed by atoms with Crippen LogP contribution in [0.5, 0.6) is 0 Å². The standard InChI is InChI=1S/C17H20N4O3/c1-12-10-15(20-24-12)19-16(22)6-8-18-17(23)21-9-7-13-4-2-3-5-14(13)11-21/h2-5,10H,6-9,11H2,1H3,(H,18,23)(H,19,20,22). The predicted octanol–water partition coefficient (Wildman–Crippen LogP) is 2.08. The minimum atomic E-state index is -0.215. The van der Waals surface area contributed by atoms with Crippen molar-refractivity contribution in [3.63, 3.8) is 0 Å². The van der Waals surface area contributed by atoms with Crippen molar-refractivity contribution in [1.29, 1.82) is 0 Å². The van der Waals surface area contributed by atoms with Gasteiger partial charge in [-0.15, -0.1) is 0 Å². The highest BCUT2D eigenvalue weighted by Gasteiger charge is 2.20. The molecular weight excluding hydrogens is 308 g/mol. The summed E-state index contributed by atoms with van der Waals surface area (Å²) in [6.45, 7) is 3.32. The molecule has 1 aromatic heterocycles. The number of amides is 3. The molecule has 24 heavy (non-hydrogen) atoms. The molecule has 0 fully saturated rings. The van der Waals surface area contributed by atoms with Crippen LogP contribution < -0.4 is 10.6 Å². The Hall–Kier alpha value is -2.83. The molecule has 0 radical (unpaired) electrons. The number of rotatable bonds is 4. The SMILES string of the molecule is Cc1cc(NC(=O)CCNC(=O)N2CCc3ccccc3C2)no1. The summed E-state index contributed by atoms with van der Waals surface area (Å²) in [4.78, 5) is 25.8. The number of aromatic nitrogens is 1. The van der Waals surface area contributed by atoms with Crippen molar-refractivity contribution >= 4 is 17.8 Å². The molecule has 3 amide bonds. The molecule has 0 atom stereocenters. The van der Waals surface area contributed by atoms with Crippen LogP contribution in [0.1, 0.15) is 23.3 Å². The first-order valence-corrected chi connectivity index (χ1v) is 7.94. The maximum atomic E-state index is 12.2. The molecule has 1 aliphatic heterocycles. The van der Waals surface area contributed by atoms with Gasteiger partial charge in [0, 0.05) is 32.1 Å². The number of nitrogens with one attached hydrogen (secondary N) is 2. The lowest BCUT2D eigenvalue weighted by Gasteiger charge is -2.28. The zero-order valence-corrected chi connectivity index (χ0v) is 13.5. The molecule has 2 N–H and O–H groups in total. The van der Waals surface area contributed by atoms with Gasteiger partial charge in [0.15, 0.2) is 5.82 Å². The quantitative estimate of drug-likeness (QED) is 0.899. The molecule has 1 aromatic carbocycles. The Morgan fingerprint density at radius 3 is 2.83 bits per heavy atom. The van der Waals surface area contributed by atoms with Gasteiger partial charge in [0.05, 0.1) is 0 Å². The summed E-state index contributed by atoms with van der Waals surface area (Å²) in [5.74, 6) is 0.799. The number of hydrogen-bond donors (Lipinski definition) is 2. The van der Waals surface area contributed by atoms with Crippen molar-refractivity contribution in [3.05, 3.63) is 47.2 Å².